The van der Waals surface area contributed by atoms with Gasteiger partial charge in [0.05, 0.1) is 12.6 Å². The van der Waals surface area contributed by atoms with Crippen LogP contribution in [0, 0.1) is 5.92 Å². The lowest BCUT2D eigenvalue weighted by atomic mass is 10.0. The molecule has 0 saturated carbocycles. The van der Waals surface area contributed by atoms with Crippen molar-refractivity contribution in [2.75, 3.05) is 25.6 Å². The molecule has 282 valence electrons. The Balaban J connectivity index is 1.70. The molecule has 0 radical (unpaired) electrons. The Bertz CT molecular complexity index is 1530. The first-order chi connectivity index (χ1) is 24.9. The van der Waals surface area contributed by atoms with E-state index in [4.69, 9.17) is 0 Å². The molecule has 2 aromatic carbocycles. The second-order valence-corrected chi connectivity index (χ2v) is 14.1. The molecule has 1 aliphatic rings. The number of likely N-dealkylation sites (N-methyl/N-ethyl adjacent to an activating group) is 1. The van der Waals surface area contributed by atoms with E-state index >= 15 is 0 Å². The van der Waals surface area contributed by atoms with Gasteiger partial charge in [0.25, 0.3) is 0 Å². The standard InChI is InChI=1S/C37H51N7O7S/c1-23(2)19-28(38-3)36(50)41-27(17-18-52-4)35(49)44-32(46)22-39-33(47)29(20-24-11-7-5-8-12-24)42-37(51)30(21-25-13-9-6-10-14-25)43-34(48)26-15-16-31(45)40-26/h5-14,23,26-30,38H,15-22H2,1-4H3,(H,39,47)(H,40,45)(H,41,50)(H,42,51)(H,43,48)(H,44,46,49). The molecule has 1 saturated heterocycles. The zero-order valence-corrected chi connectivity index (χ0v) is 31.0. The van der Waals surface area contributed by atoms with Gasteiger partial charge in [-0.25, -0.2) is 0 Å². The Kier molecular flexibility index (Phi) is 17.3. The molecule has 1 heterocycles. The maximum atomic E-state index is 13.8. The van der Waals surface area contributed by atoms with Crippen molar-refractivity contribution in [3.05, 3.63) is 71.8 Å². The fourth-order valence-corrected chi connectivity index (χ4v) is 6.11. The lowest BCUT2D eigenvalue weighted by Crippen LogP contribution is -2.57. The Labute approximate surface area is 309 Å². The summed E-state index contributed by atoms with van der Waals surface area (Å²) in [6.45, 7) is 3.39. The molecule has 5 atom stereocenters. The minimum Gasteiger partial charge on any atom is -0.345 e. The van der Waals surface area contributed by atoms with Crippen molar-refractivity contribution in [3.63, 3.8) is 0 Å². The van der Waals surface area contributed by atoms with Crippen LogP contribution in [0.15, 0.2) is 60.7 Å². The summed E-state index contributed by atoms with van der Waals surface area (Å²) in [7, 11) is 1.67. The first-order valence-electron chi connectivity index (χ1n) is 17.5. The highest BCUT2D eigenvalue weighted by atomic mass is 32.2. The summed E-state index contributed by atoms with van der Waals surface area (Å²) in [4.78, 5) is 91.0. The maximum absolute atomic E-state index is 13.8. The molecule has 14 nitrogen and oxygen atoms in total. The molecule has 0 bridgehead atoms. The number of carbonyl (C=O) groups excluding carboxylic acids is 7. The van der Waals surface area contributed by atoms with Gasteiger partial charge in [-0.1, -0.05) is 74.5 Å². The quantitative estimate of drug-likeness (QED) is 0.100. The van der Waals surface area contributed by atoms with Crippen LogP contribution in [0.25, 0.3) is 0 Å². The molecule has 3 rings (SSSR count). The van der Waals surface area contributed by atoms with Gasteiger partial charge in [0.15, 0.2) is 0 Å². The van der Waals surface area contributed by atoms with E-state index in [0.29, 0.717) is 18.6 Å². The van der Waals surface area contributed by atoms with Crippen LogP contribution in [0.4, 0.5) is 0 Å². The number of rotatable bonds is 20. The van der Waals surface area contributed by atoms with Gasteiger partial charge in [-0.05, 0) is 55.4 Å². The van der Waals surface area contributed by atoms with E-state index < -0.39 is 66.3 Å². The molecule has 7 amide bonds. The number of hydrogen-bond acceptors (Lipinski definition) is 9. The van der Waals surface area contributed by atoms with Crippen molar-refractivity contribution in [2.45, 2.75) is 82.6 Å². The molecule has 15 heteroatoms. The Morgan fingerprint density at radius 1 is 0.769 bits per heavy atom. The minimum absolute atomic E-state index is 0.0649. The SMILES string of the molecule is CNC(CC(C)C)C(=O)NC(CCSC)C(=O)NC(=O)CNC(=O)C(Cc1ccccc1)NC(=O)C(Cc1ccccc1)NC(=O)C1CCC(=O)N1. The number of imide groups is 1. The van der Waals surface area contributed by atoms with Crippen LogP contribution >= 0.6 is 11.8 Å². The molecule has 7 N–H and O–H groups in total. The maximum Gasteiger partial charge on any atom is 0.249 e. The molecule has 52 heavy (non-hydrogen) atoms. The number of benzene rings is 2. The molecule has 1 aliphatic heterocycles. The van der Waals surface area contributed by atoms with Gasteiger partial charge in [0.2, 0.25) is 41.4 Å². The number of carbonyl (C=O) groups is 7. The Morgan fingerprint density at radius 3 is 1.85 bits per heavy atom. The highest BCUT2D eigenvalue weighted by Gasteiger charge is 2.33. The second-order valence-electron chi connectivity index (χ2n) is 13.1. The Morgan fingerprint density at radius 2 is 1.33 bits per heavy atom. The minimum atomic E-state index is -1.16. The number of nitrogens with one attached hydrogen (secondary N) is 7. The molecular weight excluding hydrogens is 687 g/mol. The lowest BCUT2D eigenvalue weighted by molar-refractivity contribution is -0.135. The smallest absolute Gasteiger partial charge is 0.249 e. The number of amides is 7. The largest absolute Gasteiger partial charge is 0.345 e. The fourth-order valence-electron chi connectivity index (χ4n) is 5.64. The van der Waals surface area contributed by atoms with Crippen LogP contribution in [-0.2, 0) is 46.4 Å². The summed E-state index contributed by atoms with van der Waals surface area (Å²) in [5, 5.41) is 18.6. The van der Waals surface area contributed by atoms with Gasteiger partial charge in [-0.3, -0.25) is 38.9 Å². The average molecular weight is 738 g/mol. The van der Waals surface area contributed by atoms with Crippen molar-refractivity contribution < 1.29 is 33.6 Å². The van der Waals surface area contributed by atoms with Gasteiger partial charge in [-0.15, -0.1) is 0 Å². The van der Waals surface area contributed by atoms with Gasteiger partial charge in [-0.2, -0.15) is 11.8 Å². The van der Waals surface area contributed by atoms with Crippen LogP contribution in [0.2, 0.25) is 0 Å². The van der Waals surface area contributed by atoms with Crippen LogP contribution in [0.5, 0.6) is 0 Å². The summed E-state index contributed by atoms with van der Waals surface area (Å²) in [6, 6.07) is 13.5. The summed E-state index contributed by atoms with van der Waals surface area (Å²) < 4.78 is 0. The summed E-state index contributed by atoms with van der Waals surface area (Å²) in [5.74, 6) is -3.16. The van der Waals surface area contributed by atoms with Crippen molar-refractivity contribution in [1.29, 1.82) is 0 Å². The average Bonchev–Trinajstić information content (AvgIpc) is 3.57. The summed E-state index contributed by atoms with van der Waals surface area (Å²) >= 11 is 1.49. The zero-order chi connectivity index (χ0) is 38.0. The number of hydrogen-bond donors (Lipinski definition) is 7. The molecule has 2 aromatic rings. The zero-order valence-electron chi connectivity index (χ0n) is 30.2. The molecular formula is C37H51N7O7S. The summed E-state index contributed by atoms with van der Waals surface area (Å²) in [5.41, 5.74) is 1.49. The predicted molar refractivity (Wildman–Crippen MR) is 199 cm³/mol. The van der Waals surface area contributed by atoms with Crippen LogP contribution in [-0.4, -0.2) is 97.2 Å². The highest BCUT2D eigenvalue weighted by Crippen LogP contribution is 2.11. The van der Waals surface area contributed by atoms with Crippen LogP contribution < -0.4 is 37.2 Å². The highest BCUT2D eigenvalue weighted by molar-refractivity contribution is 7.98. The monoisotopic (exact) mass is 737 g/mol. The topological polar surface area (TPSA) is 204 Å². The Hall–Kier alpha value is -4.76. The third-order valence-electron chi connectivity index (χ3n) is 8.44. The third kappa shape index (κ3) is 14.1. The molecule has 0 spiro atoms. The third-order valence-corrected chi connectivity index (χ3v) is 9.09. The second kappa shape index (κ2) is 21.6. The van der Waals surface area contributed by atoms with Gasteiger partial charge >= 0.3 is 0 Å². The van der Waals surface area contributed by atoms with Crippen molar-refractivity contribution >= 4 is 53.1 Å². The fraction of sp³-hybridized carbons (Fsp3) is 0.486. The molecule has 5 unspecified atom stereocenters. The van der Waals surface area contributed by atoms with E-state index in [9.17, 15) is 33.6 Å². The van der Waals surface area contributed by atoms with Crippen molar-refractivity contribution in [3.8, 4) is 0 Å². The normalized spacial score (nSPS) is 16.1. The van der Waals surface area contributed by atoms with E-state index in [0.717, 1.165) is 11.1 Å². The van der Waals surface area contributed by atoms with Crippen LogP contribution in [0.1, 0.15) is 50.7 Å². The van der Waals surface area contributed by atoms with Gasteiger partial charge in [0.1, 0.15) is 24.2 Å². The summed E-state index contributed by atoms with van der Waals surface area (Å²) in [6.07, 6.45) is 3.39. The first kappa shape index (κ1) is 41.7. The molecule has 0 aliphatic carbocycles. The van der Waals surface area contributed by atoms with E-state index in [-0.39, 0.29) is 43.4 Å². The molecule has 1 fully saturated rings. The van der Waals surface area contributed by atoms with E-state index in [1.807, 2.05) is 32.2 Å². The van der Waals surface area contributed by atoms with Crippen molar-refractivity contribution in [2.24, 2.45) is 5.92 Å². The van der Waals surface area contributed by atoms with Crippen LogP contribution in [0.3, 0.4) is 0 Å². The lowest BCUT2D eigenvalue weighted by Gasteiger charge is -2.24. The number of thioether (sulfide) groups is 1. The van der Waals surface area contributed by atoms with E-state index in [1.54, 1.807) is 55.6 Å². The predicted octanol–water partition coefficient (Wildman–Crippen LogP) is 0.351. The van der Waals surface area contributed by atoms with E-state index in [2.05, 4.69) is 37.2 Å². The first-order valence-corrected chi connectivity index (χ1v) is 18.8. The van der Waals surface area contributed by atoms with Gasteiger partial charge < -0.3 is 31.9 Å². The van der Waals surface area contributed by atoms with E-state index in [1.165, 1.54) is 11.8 Å². The van der Waals surface area contributed by atoms with Crippen molar-refractivity contribution in [1.82, 2.24) is 37.2 Å². The van der Waals surface area contributed by atoms with Gasteiger partial charge in [0, 0.05) is 19.3 Å². The molecule has 0 aromatic heterocycles.